The van der Waals surface area contributed by atoms with Crippen LogP contribution in [0.15, 0.2) is 53.1 Å². The van der Waals surface area contributed by atoms with Crippen LogP contribution in [0.3, 0.4) is 0 Å². The van der Waals surface area contributed by atoms with E-state index in [-0.39, 0.29) is 11.8 Å². The van der Waals surface area contributed by atoms with Crippen molar-refractivity contribution in [2.75, 3.05) is 18.6 Å². The summed E-state index contributed by atoms with van der Waals surface area (Å²) in [6, 6.07) is 15.1. The van der Waals surface area contributed by atoms with Crippen molar-refractivity contribution in [3.8, 4) is 17.1 Å². The summed E-state index contributed by atoms with van der Waals surface area (Å²) in [5.74, 6) is 1.67. The number of aromatic nitrogens is 2. The monoisotopic (exact) mass is 364 g/mol. The van der Waals surface area contributed by atoms with Crippen LogP contribution in [-0.4, -0.2) is 29.7 Å². The summed E-state index contributed by atoms with van der Waals surface area (Å²) in [5.41, 5.74) is 8.36. The Kier molecular flexibility index (Phi) is 4.60. The van der Waals surface area contributed by atoms with Crippen LogP contribution in [-0.2, 0) is 11.3 Å². The lowest BCUT2D eigenvalue weighted by Gasteiger charge is -2.16. The summed E-state index contributed by atoms with van der Waals surface area (Å²) in [6.07, 6.45) is 0.347. The van der Waals surface area contributed by atoms with Crippen LogP contribution in [0.2, 0.25) is 0 Å². The first-order valence-corrected chi connectivity index (χ1v) is 8.75. The SMILES string of the molecule is COc1ccc(N2CC(c3nc(-c4ccc(CN)cc4)no3)CC2=O)cc1. The summed E-state index contributed by atoms with van der Waals surface area (Å²) in [7, 11) is 1.61. The van der Waals surface area contributed by atoms with Crippen LogP contribution in [0.4, 0.5) is 5.69 Å². The van der Waals surface area contributed by atoms with Gasteiger partial charge in [-0.3, -0.25) is 4.79 Å². The second-order valence-corrected chi connectivity index (χ2v) is 6.46. The lowest BCUT2D eigenvalue weighted by Crippen LogP contribution is -2.24. The molecule has 7 heteroatoms. The zero-order valence-corrected chi connectivity index (χ0v) is 15.0. The second-order valence-electron chi connectivity index (χ2n) is 6.46. The highest BCUT2D eigenvalue weighted by atomic mass is 16.5. The highest BCUT2D eigenvalue weighted by Crippen LogP contribution is 2.32. The smallest absolute Gasteiger partial charge is 0.232 e. The molecule has 0 saturated carbocycles. The molecule has 7 nitrogen and oxygen atoms in total. The summed E-state index contributed by atoms with van der Waals surface area (Å²) in [6.45, 7) is 1.00. The highest BCUT2D eigenvalue weighted by molar-refractivity contribution is 5.96. The number of nitrogens with two attached hydrogens (primary N) is 1. The minimum atomic E-state index is -0.121. The number of nitrogens with zero attached hydrogens (tertiary/aromatic N) is 3. The van der Waals surface area contributed by atoms with Gasteiger partial charge >= 0.3 is 0 Å². The molecule has 1 unspecified atom stereocenters. The number of ether oxygens (including phenoxy) is 1. The molecule has 27 heavy (non-hydrogen) atoms. The summed E-state index contributed by atoms with van der Waals surface area (Å²) >= 11 is 0. The van der Waals surface area contributed by atoms with Crippen LogP contribution in [0.1, 0.15) is 23.8 Å². The molecule has 2 aromatic carbocycles. The third kappa shape index (κ3) is 3.41. The number of amides is 1. The van der Waals surface area contributed by atoms with Gasteiger partial charge in [-0.2, -0.15) is 4.98 Å². The predicted octanol–water partition coefficient (Wildman–Crippen LogP) is 2.72. The quantitative estimate of drug-likeness (QED) is 0.748. The van der Waals surface area contributed by atoms with Gasteiger partial charge in [-0.25, -0.2) is 0 Å². The Morgan fingerprint density at radius 3 is 2.59 bits per heavy atom. The van der Waals surface area contributed by atoms with Gasteiger partial charge in [-0.1, -0.05) is 29.4 Å². The van der Waals surface area contributed by atoms with Gasteiger partial charge in [0.2, 0.25) is 17.6 Å². The third-order valence-electron chi connectivity index (χ3n) is 4.75. The lowest BCUT2D eigenvalue weighted by atomic mass is 10.1. The minimum absolute atomic E-state index is 0.0391. The Hall–Kier alpha value is -3.19. The van der Waals surface area contributed by atoms with E-state index in [1.165, 1.54) is 0 Å². The Morgan fingerprint density at radius 2 is 1.93 bits per heavy atom. The average Bonchev–Trinajstić information content (AvgIpc) is 3.35. The zero-order valence-electron chi connectivity index (χ0n) is 15.0. The number of methoxy groups -OCH3 is 1. The molecule has 0 bridgehead atoms. The van der Waals surface area contributed by atoms with E-state index in [1.54, 1.807) is 12.0 Å². The molecule has 1 amide bonds. The van der Waals surface area contributed by atoms with Crippen molar-refractivity contribution in [3.05, 3.63) is 60.0 Å². The van der Waals surface area contributed by atoms with Crippen molar-refractivity contribution >= 4 is 11.6 Å². The number of carbonyl (C=O) groups excluding carboxylic acids is 1. The number of hydrogen-bond acceptors (Lipinski definition) is 6. The van der Waals surface area contributed by atoms with E-state index in [2.05, 4.69) is 10.1 Å². The fourth-order valence-corrected chi connectivity index (χ4v) is 3.19. The Bertz CT molecular complexity index is 935. The molecule has 0 radical (unpaired) electrons. The van der Waals surface area contributed by atoms with E-state index in [4.69, 9.17) is 15.0 Å². The van der Waals surface area contributed by atoms with Gasteiger partial charge in [0.25, 0.3) is 0 Å². The van der Waals surface area contributed by atoms with Crippen molar-refractivity contribution < 1.29 is 14.1 Å². The number of anilines is 1. The first kappa shape index (κ1) is 17.2. The van der Waals surface area contributed by atoms with E-state index in [0.717, 1.165) is 22.6 Å². The average molecular weight is 364 g/mol. The fourth-order valence-electron chi connectivity index (χ4n) is 3.19. The van der Waals surface area contributed by atoms with Gasteiger partial charge in [-0.05, 0) is 29.8 Å². The van der Waals surface area contributed by atoms with Crippen LogP contribution in [0.25, 0.3) is 11.4 Å². The molecule has 138 valence electrons. The van der Waals surface area contributed by atoms with Crippen molar-refractivity contribution in [1.29, 1.82) is 0 Å². The van der Waals surface area contributed by atoms with E-state index in [0.29, 0.717) is 31.2 Å². The van der Waals surface area contributed by atoms with Gasteiger partial charge in [0.15, 0.2) is 0 Å². The summed E-state index contributed by atoms with van der Waals surface area (Å²) in [4.78, 5) is 18.7. The molecule has 2 heterocycles. The molecule has 1 aliphatic rings. The normalized spacial score (nSPS) is 16.7. The molecule has 2 N–H and O–H groups in total. The van der Waals surface area contributed by atoms with Crippen LogP contribution in [0, 0.1) is 0 Å². The first-order valence-electron chi connectivity index (χ1n) is 8.75. The Morgan fingerprint density at radius 1 is 1.19 bits per heavy atom. The molecule has 1 fully saturated rings. The van der Waals surface area contributed by atoms with Gasteiger partial charge in [-0.15, -0.1) is 0 Å². The first-order chi connectivity index (χ1) is 13.2. The molecule has 0 spiro atoms. The lowest BCUT2D eigenvalue weighted by molar-refractivity contribution is -0.117. The molecule has 0 aliphatic carbocycles. The molecule has 1 aliphatic heterocycles. The standard InChI is InChI=1S/C20H20N4O3/c1-26-17-8-6-16(7-9-17)24-12-15(10-18(24)25)20-22-19(23-27-20)14-4-2-13(11-21)3-5-14/h2-9,15H,10-12,21H2,1H3. The van der Waals surface area contributed by atoms with E-state index < -0.39 is 0 Å². The Labute approximate surface area is 156 Å². The van der Waals surface area contributed by atoms with Crippen LogP contribution < -0.4 is 15.4 Å². The molecular formula is C20H20N4O3. The maximum atomic E-state index is 12.5. The molecular weight excluding hydrogens is 344 g/mol. The molecule has 1 aromatic heterocycles. The molecule has 4 rings (SSSR count). The van der Waals surface area contributed by atoms with E-state index in [1.807, 2.05) is 48.5 Å². The molecule has 3 aromatic rings. The van der Waals surface area contributed by atoms with Crippen molar-refractivity contribution in [3.63, 3.8) is 0 Å². The van der Waals surface area contributed by atoms with E-state index in [9.17, 15) is 4.79 Å². The number of hydrogen-bond donors (Lipinski definition) is 1. The van der Waals surface area contributed by atoms with Crippen molar-refractivity contribution in [1.82, 2.24) is 10.1 Å². The second kappa shape index (κ2) is 7.20. The Balaban J connectivity index is 1.51. The molecule has 1 saturated heterocycles. The van der Waals surface area contributed by atoms with Gasteiger partial charge in [0.1, 0.15) is 5.75 Å². The van der Waals surface area contributed by atoms with Crippen LogP contribution in [0.5, 0.6) is 5.75 Å². The number of benzene rings is 2. The maximum absolute atomic E-state index is 12.5. The zero-order chi connectivity index (χ0) is 18.8. The van der Waals surface area contributed by atoms with Gasteiger partial charge in [0.05, 0.1) is 13.0 Å². The summed E-state index contributed by atoms with van der Waals surface area (Å²) < 4.78 is 10.6. The largest absolute Gasteiger partial charge is 0.497 e. The van der Waals surface area contributed by atoms with Gasteiger partial charge < -0.3 is 19.9 Å². The maximum Gasteiger partial charge on any atom is 0.232 e. The van der Waals surface area contributed by atoms with Crippen molar-refractivity contribution in [2.45, 2.75) is 18.9 Å². The number of rotatable bonds is 5. The molecule has 1 atom stereocenters. The van der Waals surface area contributed by atoms with Crippen LogP contribution >= 0.6 is 0 Å². The topological polar surface area (TPSA) is 94.5 Å². The predicted molar refractivity (Wildman–Crippen MR) is 100 cm³/mol. The van der Waals surface area contributed by atoms with Crippen molar-refractivity contribution in [2.24, 2.45) is 5.73 Å². The van der Waals surface area contributed by atoms with Gasteiger partial charge in [0, 0.05) is 30.8 Å². The minimum Gasteiger partial charge on any atom is -0.497 e. The number of carbonyl (C=O) groups is 1. The third-order valence-corrected chi connectivity index (χ3v) is 4.75. The summed E-state index contributed by atoms with van der Waals surface area (Å²) in [5, 5.41) is 4.07. The highest BCUT2D eigenvalue weighted by Gasteiger charge is 2.35. The van der Waals surface area contributed by atoms with E-state index >= 15 is 0 Å². The fraction of sp³-hybridized carbons (Fsp3) is 0.250.